The third-order valence-electron chi connectivity index (χ3n) is 2.77. The van der Waals surface area contributed by atoms with Gasteiger partial charge in [-0.25, -0.2) is 5.84 Å². The molecule has 7 heteroatoms. The topological polar surface area (TPSA) is 90.4 Å². The van der Waals surface area contributed by atoms with Crippen molar-refractivity contribution in [3.63, 3.8) is 0 Å². The van der Waals surface area contributed by atoms with Gasteiger partial charge in [0, 0.05) is 10.6 Å². The fourth-order valence-corrected chi connectivity index (χ4v) is 2.29. The van der Waals surface area contributed by atoms with Crippen molar-refractivity contribution in [1.82, 2.24) is 5.43 Å². The van der Waals surface area contributed by atoms with E-state index < -0.39 is 0 Å². The molecule has 0 spiro atoms. The fourth-order valence-electron chi connectivity index (χ4n) is 1.72. The summed E-state index contributed by atoms with van der Waals surface area (Å²) in [7, 11) is 0. The van der Waals surface area contributed by atoms with Gasteiger partial charge < -0.3 is 10.5 Å². The van der Waals surface area contributed by atoms with Crippen molar-refractivity contribution in [3.05, 3.63) is 57.6 Å². The number of nitrogens with two attached hydrogens (primary N) is 2. The molecule has 0 aliphatic carbocycles. The van der Waals surface area contributed by atoms with Crippen LogP contribution in [0.15, 0.2) is 36.4 Å². The van der Waals surface area contributed by atoms with Gasteiger partial charge >= 0.3 is 0 Å². The molecule has 0 heterocycles. The first kappa shape index (κ1) is 15.4. The summed E-state index contributed by atoms with van der Waals surface area (Å²) in [6.45, 7) is 0.260. The van der Waals surface area contributed by atoms with Crippen LogP contribution in [0.2, 0.25) is 10.0 Å². The van der Waals surface area contributed by atoms with Crippen LogP contribution in [0.3, 0.4) is 0 Å². The molecule has 5 N–H and O–H groups in total. The summed E-state index contributed by atoms with van der Waals surface area (Å²) in [5.41, 5.74) is 9.56. The first-order valence-electron chi connectivity index (χ1n) is 5.98. The van der Waals surface area contributed by atoms with E-state index in [1.165, 1.54) is 0 Å². The van der Waals surface area contributed by atoms with Crippen molar-refractivity contribution in [2.45, 2.75) is 6.61 Å². The number of rotatable bonds is 4. The second kappa shape index (κ2) is 6.67. The molecule has 0 aliphatic rings. The Morgan fingerprint density at radius 3 is 2.43 bits per heavy atom. The highest BCUT2D eigenvalue weighted by molar-refractivity contribution is 6.36. The molecule has 0 saturated heterocycles. The first-order valence-corrected chi connectivity index (χ1v) is 6.74. The van der Waals surface area contributed by atoms with Crippen molar-refractivity contribution >= 4 is 34.8 Å². The number of benzene rings is 2. The normalized spacial score (nSPS) is 10.2. The van der Waals surface area contributed by atoms with E-state index >= 15 is 0 Å². The molecule has 0 atom stereocenters. The molecule has 2 rings (SSSR count). The Balaban J connectivity index is 2.08. The third kappa shape index (κ3) is 3.78. The molecule has 110 valence electrons. The SMILES string of the molecule is NNC(=O)c1ccc(COc2c(N)cc(Cl)cc2Cl)cc1. The zero-order valence-electron chi connectivity index (χ0n) is 10.9. The van der Waals surface area contributed by atoms with Gasteiger partial charge in [-0.15, -0.1) is 0 Å². The predicted molar refractivity (Wildman–Crippen MR) is 83.3 cm³/mol. The molecular weight excluding hydrogens is 313 g/mol. The maximum atomic E-state index is 11.3. The lowest BCUT2D eigenvalue weighted by molar-refractivity contribution is 0.0953. The highest BCUT2D eigenvalue weighted by Crippen LogP contribution is 2.34. The molecule has 2 aromatic carbocycles. The smallest absolute Gasteiger partial charge is 0.265 e. The number of anilines is 1. The van der Waals surface area contributed by atoms with Crippen LogP contribution in [0.4, 0.5) is 5.69 Å². The predicted octanol–water partition coefficient (Wildman–Crippen LogP) is 2.76. The van der Waals surface area contributed by atoms with Gasteiger partial charge in [0.05, 0.1) is 10.7 Å². The van der Waals surface area contributed by atoms with Gasteiger partial charge in [0.2, 0.25) is 0 Å². The van der Waals surface area contributed by atoms with E-state index in [0.29, 0.717) is 27.0 Å². The van der Waals surface area contributed by atoms with Crippen molar-refractivity contribution in [1.29, 1.82) is 0 Å². The summed E-state index contributed by atoms with van der Waals surface area (Å²) in [6, 6.07) is 9.93. The fraction of sp³-hybridized carbons (Fsp3) is 0.0714. The summed E-state index contributed by atoms with van der Waals surface area (Å²) in [5, 5.41) is 0.793. The average Bonchev–Trinajstić information content (AvgIpc) is 2.46. The van der Waals surface area contributed by atoms with Crippen LogP contribution in [0.1, 0.15) is 15.9 Å². The lowest BCUT2D eigenvalue weighted by Gasteiger charge is -2.11. The minimum atomic E-state index is -0.354. The van der Waals surface area contributed by atoms with Gasteiger partial charge in [-0.3, -0.25) is 10.2 Å². The number of carbonyl (C=O) groups excluding carboxylic acids is 1. The molecule has 0 bridgehead atoms. The van der Waals surface area contributed by atoms with E-state index in [1.807, 2.05) is 0 Å². The van der Waals surface area contributed by atoms with Crippen LogP contribution < -0.4 is 21.7 Å². The van der Waals surface area contributed by atoms with Crippen LogP contribution in [-0.2, 0) is 6.61 Å². The molecule has 5 nitrogen and oxygen atoms in total. The summed E-state index contributed by atoms with van der Waals surface area (Å²) in [4.78, 5) is 11.3. The van der Waals surface area contributed by atoms with E-state index in [2.05, 4.69) is 5.43 Å². The Hall–Kier alpha value is -1.95. The summed E-state index contributed by atoms with van der Waals surface area (Å²) in [5.74, 6) is 5.08. The van der Waals surface area contributed by atoms with Gasteiger partial charge in [-0.05, 0) is 29.8 Å². The van der Waals surface area contributed by atoms with E-state index in [9.17, 15) is 4.79 Å². The van der Waals surface area contributed by atoms with Gasteiger partial charge in [0.25, 0.3) is 5.91 Å². The molecule has 21 heavy (non-hydrogen) atoms. The van der Waals surface area contributed by atoms with Crippen LogP contribution in [0.5, 0.6) is 5.75 Å². The molecule has 0 aromatic heterocycles. The van der Waals surface area contributed by atoms with Crippen LogP contribution in [0, 0.1) is 0 Å². The number of halogens is 2. The number of hydrogen-bond donors (Lipinski definition) is 3. The molecule has 0 unspecified atom stereocenters. The van der Waals surface area contributed by atoms with Gasteiger partial charge in [-0.1, -0.05) is 35.3 Å². The van der Waals surface area contributed by atoms with Crippen molar-refractivity contribution < 1.29 is 9.53 Å². The van der Waals surface area contributed by atoms with Crippen LogP contribution >= 0.6 is 23.2 Å². The quantitative estimate of drug-likeness (QED) is 0.349. The largest absolute Gasteiger partial charge is 0.485 e. The lowest BCUT2D eigenvalue weighted by atomic mass is 10.1. The van der Waals surface area contributed by atoms with E-state index in [0.717, 1.165) is 5.56 Å². The standard InChI is InChI=1S/C14H13Cl2N3O2/c15-10-5-11(16)13(12(17)6-10)21-7-8-1-3-9(4-2-8)14(20)19-18/h1-6H,7,17-18H2,(H,19,20). The zero-order valence-corrected chi connectivity index (χ0v) is 12.4. The summed E-state index contributed by atoms with van der Waals surface area (Å²) in [6.07, 6.45) is 0. The number of hydrogen-bond acceptors (Lipinski definition) is 4. The monoisotopic (exact) mass is 325 g/mol. The summed E-state index contributed by atoms with van der Waals surface area (Å²) >= 11 is 11.9. The molecule has 0 saturated carbocycles. The van der Waals surface area contributed by atoms with Crippen molar-refractivity contribution in [2.24, 2.45) is 5.84 Å². The summed E-state index contributed by atoms with van der Waals surface area (Å²) < 4.78 is 5.59. The molecule has 2 aromatic rings. The third-order valence-corrected chi connectivity index (χ3v) is 3.27. The number of nitrogens with one attached hydrogen (secondary N) is 1. The van der Waals surface area contributed by atoms with Crippen LogP contribution in [0.25, 0.3) is 0 Å². The molecule has 0 radical (unpaired) electrons. The lowest BCUT2D eigenvalue weighted by Crippen LogP contribution is -2.29. The molecule has 0 fully saturated rings. The number of amides is 1. The van der Waals surface area contributed by atoms with Gasteiger partial charge in [-0.2, -0.15) is 0 Å². The average molecular weight is 326 g/mol. The Kier molecular flexibility index (Phi) is 4.90. The zero-order chi connectivity index (χ0) is 15.4. The number of nitrogen functional groups attached to an aromatic ring is 2. The second-order valence-electron chi connectivity index (χ2n) is 4.27. The highest BCUT2D eigenvalue weighted by atomic mass is 35.5. The van der Waals surface area contributed by atoms with Crippen molar-refractivity contribution in [3.8, 4) is 5.75 Å². The Labute approximate surface area is 131 Å². The molecular formula is C14H13Cl2N3O2. The maximum Gasteiger partial charge on any atom is 0.265 e. The minimum absolute atomic E-state index is 0.260. The molecule has 1 amide bonds. The molecule has 0 aliphatic heterocycles. The maximum absolute atomic E-state index is 11.3. The Morgan fingerprint density at radius 1 is 1.19 bits per heavy atom. The van der Waals surface area contributed by atoms with Crippen molar-refractivity contribution in [2.75, 3.05) is 5.73 Å². The Morgan fingerprint density at radius 2 is 1.86 bits per heavy atom. The van der Waals surface area contributed by atoms with E-state index in [4.69, 9.17) is 39.5 Å². The number of carbonyl (C=O) groups is 1. The highest BCUT2D eigenvalue weighted by Gasteiger charge is 2.09. The second-order valence-corrected chi connectivity index (χ2v) is 5.11. The van der Waals surface area contributed by atoms with Crippen LogP contribution in [-0.4, -0.2) is 5.91 Å². The first-order chi connectivity index (χ1) is 10.0. The Bertz CT molecular complexity index is 637. The van der Waals surface area contributed by atoms with E-state index in [-0.39, 0.29) is 12.5 Å². The van der Waals surface area contributed by atoms with Gasteiger partial charge in [0.1, 0.15) is 6.61 Å². The van der Waals surface area contributed by atoms with Gasteiger partial charge in [0.15, 0.2) is 5.75 Å². The minimum Gasteiger partial charge on any atom is -0.485 e. The number of hydrazine groups is 1. The van der Waals surface area contributed by atoms with E-state index in [1.54, 1.807) is 36.4 Å². The number of ether oxygens (including phenoxy) is 1.